The Morgan fingerprint density at radius 2 is 2.14 bits per heavy atom. The molecule has 0 fully saturated rings. The van der Waals surface area contributed by atoms with E-state index >= 15 is 0 Å². The number of nitrogens with zero attached hydrogens (tertiary/aromatic N) is 1. The lowest BCUT2D eigenvalue weighted by Crippen LogP contribution is -2.24. The van der Waals surface area contributed by atoms with E-state index in [1.54, 1.807) is 6.07 Å². The number of aryl methyl sites for hydroxylation is 1. The topological polar surface area (TPSA) is 50.7 Å². The zero-order chi connectivity index (χ0) is 15.9. The number of carbonyl (C=O) groups is 1. The molecule has 0 radical (unpaired) electrons. The van der Waals surface area contributed by atoms with Gasteiger partial charge in [-0.3, -0.25) is 4.79 Å². The van der Waals surface area contributed by atoms with Gasteiger partial charge in [0.25, 0.3) is 5.91 Å². The molecule has 4 nitrogen and oxygen atoms in total. The van der Waals surface area contributed by atoms with Crippen LogP contribution in [0.5, 0.6) is 5.75 Å². The predicted molar refractivity (Wildman–Crippen MR) is 83.8 cm³/mol. The number of amides is 1. The molecule has 0 aliphatic carbocycles. The lowest BCUT2D eigenvalue weighted by atomic mass is 10.2. The minimum atomic E-state index is -0.433. The van der Waals surface area contributed by atoms with Gasteiger partial charge in [0.15, 0.2) is 6.61 Å². The van der Waals surface area contributed by atoms with Gasteiger partial charge < -0.3 is 4.74 Å². The van der Waals surface area contributed by atoms with Crippen molar-refractivity contribution < 1.29 is 13.9 Å². The summed E-state index contributed by atoms with van der Waals surface area (Å²) in [5.74, 6) is -0.196. The Morgan fingerprint density at radius 3 is 2.86 bits per heavy atom. The smallest absolute Gasteiger partial charge is 0.277 e. The number of hydrazone groups is 1. The minimum Gasteiger partial charge on any atom is -0.483 e. The molecule has 2 rings (SSSR count). The molecule has 2 aromatic rings. The van der Waals surface area contributed by atoms with Gasteiger partial charge in [-0.15, -0.1) is 0 Å². The molecule has 1 N–H and O–H groups in total. The van der Waals surface area contributed by atoms with Gasteiger partial charge in [-0.2, -0.15) is 5.10 Å². The Bertz CT molecular complexity index is 704. The van der Waals surface area contributed by atoms with Gasteiger partial charge in [-0.25, -0.2) is 9.82 Å². The first-order chi connectivity index (χ1) is 10.6. The van der Waals surface area contributed by atoms with E-state index in [1.807, 2.05) is 25.1 Å². The second-order valence-electron chi connectivity index (χ2n) is 4.51. The number of rotatable bonds is 5. The highest BCUT2D eigenvalue weighted by atomic mass is 35.5. The molecule has 0 aliphatic heterocycles. The predicted octanol–water partition coefficient (Wildman–Crippen LogP) is 3.32. The van der Waals surface area contributed by atoms with Gasteiger partial charge in [0.2, 0.25) is 0 Å². The third kappa shape index (κ3) is 4.56. The maximum absolute atomic E-state index is 12.9. The fourth-order valence-electron chi connectivity index (χ4n) is 1.67. The molecule has 114 valence electrons. The van der Waals surface area contributed by atoms with Crippen LogP contribution < -0.4 is 10.2 Å². The van der Waals surface area contributed by atoms with Crippen LogP contribution in [0.25, 0.3) is 0 Å². The summed E-state index contributed by atoms with van der Waals surface area (Å²) in [6.07, 6.45) is 1.34. The van der Waals surface area contributed by atoms with Crippen LogP contribution in [-0.4, -0.2) is 18.7 Å². The van der Waals surface area contributed by atoms with Crippen molar-refractivity contribution in [2.24, 2.45) is 5.10 Å². The number of carbonyl (C=O) groups excluding carboxylic acids is 1. The van der Waals surface area contributed by atoms with Crippen LogP contribution in [0, 0.1) is 12.7 Å². The molecule has 6 heteroatoms. The van der Waals surface area contributed by atoms with E-state index in [4.69, 9.17) is 16.3 Å². The molecule has 0 bridgehead atoms. The van der Waals surface area contributed by atoms with Gasteiger partial charge in [0.1, 0.15) is 11.6 Å². The van der Waals surface area contributed by atoms with Crippen molar-refractivity contribution in [3.8, 4) is 5.75 Å². The second kappa shape index (κ2) is 7.56. The molecule has 0 unspecified atom stereocenters. The number of benzene rings is 2. The summed E-state index contributed by atoms with van der Waals surface area (Å²) in [5, 5.41) is 3.97. The third-order valence-electron chi connectivity index (χ3n) is 2.81. The molecule has 0 atom stereocenters. The molecule has 1 amide bonds. The maximum atomic E-state index is 12.9. The van der Waals surface area contributed by atoms with Crippen molar-refractivity contribution in [1.82, 2.24) is 5.43 Å². The van der Waals surface area contributed by atoms with Gasteiger partial charge in [0.05, 0.1) is 11.2 Å². The normalized spacial score (nSPS) is 10.7. The van der Waals surface area contributed by atoms with Crippen LogP contribution >= 0.6 is 11.6 Å². The van der Waals surface area contributed by atoms with Crippen molar-refractivity contribution in [2.45, 2.75) is 6.92 Å². The molecular formula is C16H14ClFN2O2. The van der Waals surface area contributed by atoms with Crippen molar-refractivity contribution >= 4 is 23.7 Å². The molecular weight excluding hydrogens is 307 g/mol. The van der Waals surface area contributed by atoms with Crippen LogP contribution in [0.1, 0.15) is 11.1 Å². The minimum absolute atomic E-state index is 0.153. The second-order valence-corrected chi connectivity index (χ2v) is 4.92. The molecule has 22 heavy (non-hydrogen) atoms. The zero-order valence-electron chi connectivity index (χ0n) is 11.8. The highest BCUT2D eigenvalue weighted by Crippen LogP contribution is 2.16. The molecule has 0 heterocycles. The maximum Gasteiger partial charge on any atom is 0.277 e. The number of nitrogens with one attached hydrogen (secondary N) is 1. The zero-order valence-corrected chi connectivity index (χ0v) is 12.6. The summed E-state index contributed by atoms with van der Waals surface area (Å²) in [4.78, 5) is 11.6. The molecule has 0 spiro atoms. The largest absolute Gasteiger partial charge is 0.483 e. The van der Waals surface area contributed by atoms with Crippen LogP contribution in [-0.2, 0) is 4.79 Å². The Morgan fingerprint density at radius 1 is 1.36 bits per heavy atom. The number of hydrogen-bond donors (Lipinski definition) is 1. The van der Waals surface area contributed by atoms with Crippen LogP contribution in [0.4, 0.5) is 4.39 Å². The van der Waals surface area contributed by atoms with E-state index in [9.17, 15) is 9.18 Å². The number of halogens is 2. The Balaban J connectivity index is 1.85. The third-order valence-corrected chi connectivity index (χ3v) is 3.14. The lowest BCUT2D eigenvalue weighted by Gasteiger charge is -2.07. The molecule has 0 saturated carbocycles. The Hall–Kier alpha value is -2.40. The fourth-order valence-corrected chi connectivity index (χ4v) is 1.89. The Labute approximate surface area is 132 Å². The van der Waals surface area contributed by atoms with E-state index in [2.05, 4.69) is 10.5 Å². The first kappa shape index (κ1) is 16.0. The van der Waals surface area contributed by atoms with Crippen molar-refractivity contribution in [3.63, 3.8) is 0 Å². The molecule has 0 aromatic heterocycles. The summed E-state index contributed by atoms with van der Waals surface area (Å²) in [7, 11) is 0. The average molecular weight is 321 g/mol. The van der Waals surface area contributed by atoms with Crippen LogP contribution in [0.3, 0.4) is 0 Å². The lowest BCUT2D eigenvalue weighted by molar-refractivity contribution is -0.123. The highest BCUT2D eigenvalue weighted by molar-refractivity contribution is 6.33. The average Bonchev–Trinajstić information content (AvgIpc) is 2.49. The molecule has 2 aromatic carbocycles. The number of para-hydroxylation sites is 1. The number of hydrogen-bond acceptors (Lipinski definition) is 3. The SMILES string of the molecule is Cc1ccccc1OCC(=O)NN=Cc1ccc(F)cc1Cl. The highest BCUT2D eigenvalue weighted by Gasteiger charge is 2.03. The van der Waals surface area contributed by atoms with Crippen molar-refractivity contribution in [1.29, 1.82) is 0 Å². The molecule has 0 saturated heterocycles. The quantitative estimate of drug-likeness (QED) is 0.678. The standard InChI is InChI=1S/C16H14ClFN2O2/c1-11-4-2-3-5-15(11)22-10-16(21)20-19-9-12-6-7-13(18)8-14(12)17/h2-9H,10H2,1H3,(H,20,21). The van der Waals surface area contributed by atoms with E-state index < -0.39 is 11.7 Å². The van der Waals surface area contributed by atoms with Gasteiger partial charge >= 0.3 is 0 Å². The Kier molecular flexibility index (Phi) is 5.49. The van der Waals surface area contributed by atoms with Gasteiger partial charge in [-0.1, -0.05) is 29.8 Å². The summed E-state index contributed by atoms with van der Waals surface area (Å²) in [6, 6.07) is 11.3. The summed E-state index contributed by atoms with van der Waals surface area (Å²) in [5.41, 5.74) is 3.76. The van der Waals surface area contributed by atoms with Crippen LogP contribution in [0.2, 0.25) is 5.02 Å². The van der Waals surface area contributed by atoms with Crippen molar-refractivity contribution in [2.75, 3.05) is 6.61 Å². The summed E-state index contributed by atoms with van der Waals surface area (Å²) in [6.45, 7) is 1.74. The fraction of sp³-hybridized carbons (Fsp3) is 0.125. The monoisotopic (exact) mass is 320 g/mol. The van der Waals surface area contributed by atoms with E-state index in [0.717, 1.165) is 5.56 Å². The number of ether oxygens (including phenoxy) is 1. The van der Waals surface area contributed by atoms with Crippen LogP contribution in [0.15, 0.2) is 47.6 Å². The van der Waals surface area contributed by atoms with E-state index in [-0.39, 0.29) is 11.6 Å². The van der Waals surface area contributed by atoms with E-state index in [0.29, 0.717) is 11.3 Å². The van der Waals surface area contributed by atoms with E-state index in [1.165, 1.54) is 24.4 Å². The summed E-state index contributed by atoms with van der Waals surface area (Å²) < 4.78 is 18.3. The first-order valence-corrected chi connectivity index (χ1v) is 6.89. The first-order valence-electron chi connectivity index (χ1n) is 6.51. The van der Waals surface area contributed by atoms with Crippen molar-refractivity contribution in [3.05, 3.63) is 64.4 Å². The van der Waals surface area contributed by atoms with Gasteiger partial charge in [0, 0.05) is 5.56 Å². The molecule has 0 aliphatic rings. The summed E-state index contributed by atoms with van der Waals surface area (Å²) >= 11 is 5.83. The van der Waals surface area contributed by atoms with Gasteiger partial charge in [-0.05, 0) is 36.8 Å².